The van der Waals surface area contributed by atoms with E-state index in [1.165, 1.54) is 0 Å². The van der Waals surface area contributed by atoms with Crippen LogP contribution in [0.1, 0.15) is 70.1 Å². The van der Waals surface area contributed by atoms with E-state index in [9.17, 15) is 4.79 Å². The number of nitrogens with zero attached hydrogens (tertiary/aromatic N) is 2. The molecule has 1 aromatic rings. The van der Waals surface area contributed by atoms with E-state index in [-0.39, 0.29) is 6.04 Å². The molecule has 0 saturated heterocycles. The van der Waals surface area contributed by atoms with Gasteiger partial charge in [0, 0.05) is 5.92 Å². The Morgan fingerprint density at radius 2 is 2.05 bits per heavy atom. The second-order valence-electron chi connectivity index (χ2n) is 6.73. The Morgan fingerprint density at radius 1 is 1.35 bits per heavy atom. The third-order valence-electron chi connectivity index (χ3n) is 3.43. The molecular weight excluding hydrogens is 258 g/mol. The number of nitrogens with one attached hydrogen (secondary N) is 1. The van der Waals surface area contributed by atoms with Gasteiger partial charge in [-0.3, -0.25) is 0 Å². The molecule has 20 heavy (non-hydrogen) atoms. The van der Waals surface area contributed by atoms with Gasteiger partial charge in [-0.1, -0.05) is 5.16 Å². The van der Waals surface area contributed by atoms with Crippen LogP contribution >= 0.6 is 0 Å². The maximum Gasteiger partial charge on any atom is 0.408 e. The van der Waals surface area contributed by atoms with Crippen LogP contribution in [-0.4, -0.2) is 21.8 Å². The zero-order valence-corrected chi connectivity index (χ0v) is 12.2. The number of alkyl carbamates (subject to hydrolysis) is 1. The van der Waals surface area contributed by atoms with Crippen LogP contribution in [0.5, 0.6) is 0 Å². The van der Waals surface area contributed by atoms with Gasteiger partial charge in [-0.15, -0.1) is 0 Å². The van der Waals surface area contributed by atoms with E-state index in [0.717, 1.165) is 25.7 Å². The molecule has 2 fully saturated rings. The van der Waals surface area contributed by atoms with E-state index >= 15 is 0 Å². The Bertz CT molecular complexity index is 498. The number of aromatic nitrogens is 2. The summed E-state index contributed by atoms with van der Waals surface area (Å²) in [5.74, 6) is 2.11. The predicted octanol–water partition coefficient (Wildman–Crippen LogP) is 2.92. The van der Waals surface area contributed by atoms with Crippen molar-refractivity contribution in [1.82, 2.24) is 15.5 Å². The molecule has 6 nitrogen and oxygen atoms in total. The second-order valence-corrected chi connectivity index (χ2v) is 6.73. The van der Waals surface area contributed by atoms with Crippen molar-refractivity contribution in [2.45, 2.75) is 64.0 Å². The minimum atomic E-state index is -0.505. The van der Waals surface area contributed by atoms with E-state index in [2.05, 4.69) is 15.5 Å². The van der Waals surface area contributed by atoms with Gasteiger partial charge in [0.1, 0.15) is 5.60 Å². The third-order valence-corrected chi connectivity index (χ3v) is 3.43. The molecule has 1 N–H and O–H groups in total. The van der Waals surface area contributed by atoms with Gasteiger partial charge in [-0.2, -0.15) is 4.98 Å². The van der Waals surface area contributed by atoms with Gasteiger partial charge in [0.25, 0.3) is 0 Å². The highest BCUT2D eigenvalue weighted by Gasteiger charge is 2.39. The van der Waals surface area contributed by atoms with Crippen LogP contribution in [0.4, 0.5) is 4.79 Å². The van der Waals surface area contributed by atoms with E-state index in [1.54, 1.807) is 0 Å². The fourth-order valence-electron chi connectivity index (χ4n) is 2.13. The van der Waals surface area contributed by atoms with Crippen LogP contribution in [0.2, 0.25) is 0 Å². The van der Waals surface area contributed by atoms with Crippen molar-refractivity contribution < 1.29 is 14.1 Å². The minimum absolute atomic E-state index is 0.193. The summed E-state index contributed by atoms with van der Waals surface area (Å²) in [5, 5.41) is 6.91. The van der Waals surface area contributed by atoms with Gasteiger partial charge in [0.15, 0.2) is 5.82 Å². The lowest BCUT2D eigenvalue weighted by molar-refractivity contribution is 0.0494. The van der Waals surface area contributed by atoms with Crippen molar-refractivity contribution in [2.24, 2.45) is 5.92 Å². The lowest BCUT2D eigenvalue weighted by Crippen LogP contribution is -2.36. The standard InChI is InChI=1S/C14H21N3O3/c1-14(2,3)19-13(18)15-10(8-4-5-8)11-16-12(20-17-11)9-6-7-9/h8-10H,4-7H2,1-3H3,(H,15,18)/t10-/m1/s1. The van der Waals surface area contributed by atoms with E-state index in [4.69, 9.17) is 9.26 Å². The summed E-state index contributed by atoms with van der Waals surface area (Å²) >= 11 is 0. The summed E-state index contributed by atoms with van der Waals surface area (Å²) in [6.45, 7) is 5.54. The van der Waals surface area contributed by atoms with Crippen molar-refractivity contribution >= 4 is 6.09 Å². The molecule has 1 amide bonds. The number of ether oxygens (including phenoxy) is 1. The maximum atomic E-state index is 11.9. The fourth-order valence-corrected chi connectivity index (χ4v) is 2.13. The van der Waals surface area contributed by atoms with E-state index < -0.39 is 11.7 Å². The molecular formula is C14H21N3O3. The average Bonchev–Trinajstić information content (AvgIpc) is 3.22. The fraction of sp³-hybridized carbons (Fsp3) is 0.786. The van der Waals surface area contributed by atoms with Crippen LogP contribution in [0, 0.1) is 5.92 Å². The molecule has 1 aromatic heterocycles. The SMILES string of the molecule is CC(C)(C)OC(=O)N[C@@H](c1noc(C2CC2)n1)C1CC1. The molecule has 3 rings (SSSR count). The molecule has 0 spiro atoms. The van der Waals surface area contributed by atoms with Crippen LogP contribution in [0.15, 0.2) is 4.52 Å². The summed E-state index contributed by atoms with van der Waals surface area (Å²) < 4.78 is 10.6. The summed E-state index contributed by atoms with van der Waals surface area (Å²) in [6.07, 6.45) is 3.97. The van der Waals surface area contributed by atoms with Crippen molar-refractivity contribution in [1.29, 1.82) is 0 Å². The zero-order chi connectivity index (χ0) is 14.3. The van der Waals surface area contributed by atoms with Crippen molar-refractivity contribution in [3.8, 4) is 0 Å². The quantitative estimate of drug-likeness (QED) is 0.916. The van der Waals surface area contributed by atoms with Crippen LogP contribution < -0.4 is 5.32 Å². The van der Waals surface area contributed by atoms with Crippen LogP contribution in [-0.2, 0) is 4.74 Å². The molecule has 2 aliphatic carbocycles. The number of hydrogen-bond donors (Lipinski definition) is 1. The highest BCUT2D eigenvalue weighted by molar-refractivity contribution is 5.68. The van der Waals surface area contributed by atoms with Gasteiger partial charge >= 0.3 is 6.09 Å². The normalized spacial score (nSPS) is 20.6. The van der Waals surface area contributed by atoms with Crippen molar-refractivity contribution in [3.05, 3.63) is 11.7 Å². The Balaban J connectivity index is 1.67. The number of hydrogen-bond acceptors (Lipinski definition) is 5. The Labute approximate surface area is 118 Å². The van der Waals surface area contributed by atoms with Gasteiger partial charge < -0.3 is 14.6 Å². The molecule has 2 aliphatic rings. The van der Waals surface area contributed by atoms with E-state index in [0.29, 0.717) is 23.6 Å². The molecule has 0 aliphatic heterocycles. The summed E-state index contributed by atoms with van der Waals surface area (Å²) in [5.41, 5.74) is -0.505. The summed E-state index contributed by atoms with van der Waals surface area (Å²) in [7, 11) is 0. The number of carbonyl (C=O) groups excluding carboxylic acids is 1. The number of carbonyl (C=O) groups is 1. The van der Waals surface area contributed by atoms with Gasteiger partial charge in [-0.25, -0.2) is 4.79 Å². The molecule has 0 radical (unpaired) electrons. The molecule has 1 heterocycles. The minimum Gasteiger partial charge on any atom is -0.444 e. The second kappa shape index (κ2) is 4.75. The number of rotatable bonds is 4. The summed E-state index contributed by atoms with van der Waals surface area (Å²) in [4.78, 5) is 16.3. The maximum absolute atomic E-state index is 11.9. The predicted molar refractivity (Wildman–Crippen MR) is 71.1 cm³/mol. The van der Waals surface area contributed by atoms with Gasteiger partial charge in [-0.05, 0) is 52.4 Å². The first-order chi connectivity index (χ1) is 9.42. The van der Waals surface area contributed by atoms with Crippen molar-refractivity contribution in [2.75, 3.05) is 0 Å². The first-order valence-electron chi connectivity index (χ1n) is 7.25. The summed E-state index contributed by atoms with van der Waals surface area (Å²) in [6, 6.07) is -0.193. The Morgan fingerprint density at radius 3 is 2.60 bits per heavy atom. The molecule has 0 unspecified atom stereocenters. The zero-order valence-electron chi connectivity index (χ0n) is 12.2. The average molecular weight is 279 g/mol. The first kappa shape index (κ1) is 13.4. The molecule has 0 bridgehead atoms. The topological polar surface area (TPSA) is 77.2 Å². The van der Waals surface area contributed by atoms with Gasteiger partial charge in [0.2, 0.25) is 5.89 Å². The third kappa shape index (κ3) is 3.29. The largest absolute Gasteiger partial charge is 0.444 e. The lowest BCUT2D eigenvalue weighted by atomic mass is 10.1. The highest BCUT2D eigenvalue weighted by atomic mass is 16.6. The molecule has 0 aromatic carbocycles. The van der Waals surface area contributed by atoms with Crippen molar-refractivity contribution in [3.63, 3.8) is 0 Å². The van der Waals surface area contributed by atoms with Crippen LogP contribution in [0.25, 0.3) is 0 Å². The smallest absolute Gasteiger partial charge is 0.408 e. The number of amides is 1. The Kier molecular flexibility index (Phi) is 3.18. The molecule has 6 heteroatoms. The monoisotopic (exact) mass is 279 g/mol. The highest BCUT2D eigenvalue weighted by Crippen LogP contribution is 2.42. The van der Waals surface area contributed by atoms with Gasteiger partial charge in [0.05, 0.1) is 6.04 Å². The molecule has 1 atom stereocenters. The molecule has 110 valence electrons. The van der Waals surface area contributed by atoms with E-state index in [1.807, 2.05) is 20.8 Å². The van der Waals surface area contributed by atoms with Crippen LogP contribution in [0.3, 0.4) is 0 Å². The lowest BCUT2D eigenvalue weighted by Gasteiger charge is -2.22. The first-order valence-corrected chi connectivity index (χ1v) is 7.25. The Hall–Kier alpha value is -1.59. The molecule has 2 saturated carbocycles.